The summed E-state index contributed by atoms with van der Waals surface area (Å²) >= 11 is 1.79. The molecule has 0 saturated heterocycles. The Morgan fingerprint density at radius 1 is 0.407 bits per heavy atom. The summed E-state index contributed by atoms with van der Waals surface area (Å²) in [5, 5.41) is 4.32. The Hall–Kier alpha value is -5.00. The topological polar surface area (TPSA) is 51.8 Å². The van der Waals surface area contributed by atoms with Crippen molar-refractivity contribution < 1.29 is 4.42 Å². The summed E-state index contributed by atoms with van der Waals surface area (Å²) in [6, 6.07) is 26.7. The summed E-state index contributed by atoms with van der Waals surface area (Å²) < 4.78 is 8.87. The number of fused-ring (bicyclic) bond motifs is 6. The van der Waals surface area contributed by atoms with Gasteiger partial charge in [-0.15, -0.1) is 44.1 Å². The van der Waals surface area contributed by atoms with Crippen LogP contribution in [0.2, 0.25) is 0 Å². The molecule has 3 aromatic heterocycles. The Balaban J connectivity index is 1.23. The normalized spacial score (nSPS) is 11.7. The zero-order chi connectivity index (χ0) is 37.7. The van der Waals surface area contributed by atoms with E-state index in [1.54, 1.807) is 11.3 Å². The highest BCUT2D eigenvalue weighted by atomic mass is 32.1. The molecule has 0 N–H and O–H groups in total. The van der Waals surface area contributed by atoms with Gasteiger partial charge in [-0.2, -0.15) is 0 Å². The predicted octanol–water partition coefficient (Wildman–Crippen LogP) is -1.26. The third-order valence-corrected chi connectivity index (χ3v) is 11.1. The fraction of sp³-hybridized carbons (Fsp3) is 0. The molecule has 9 aromatic rings. The molecule has 0 amide bonds. The van der Waals surface area contributed by atoms with E-state index in [4.69, 9.17) is 92.8 Å². The largest absolute Gasteiger partial charge is 0.456 e. The van der Waals surface area contributed by atoms with Crippen LogP contribution in [0.3, 0.4) is 0 Å². The van der Waals surface area contributed by atoms with Gasteiger partial charge < -0.3 is 4.42 Å². The van der Waals surface area contributed by atoms with Crippen LogP contribution in [0.25, 0.3) is 87.4 Å². The number of nitrogens with zero attached hydrogens (tertiary/aromatic N) is 3. The minimum absolute atomic E-state index is 0.0147. The van der Waals surface area contributed by atoms with Crippen LogP contribution < -0.4 is 54.6 Å². The van der Waals surface area contributed by atoms with Gasteiger partial charge in [-0.1, -0.05) is 70.4 Å². The first-order chi connectivity index (χ1) is 25.9. The van der Waals surface area contributed by atoms with Crippen molar-refractivity contribution in [3.63, 3.8) is 0 Å². The van der Waals surface area contributed by atoms with Crippen LogP contribution >= 0.6 is 11.3 Å². The van der Waals surface area contributed by atoms with Crippen LogP contribution in [0.15, 0.2) is 83.3 Å². The van der Waals surface area contributed by atoms with Crippen molar-refractivity contribution in [2.45, 2.75) is 0 Å². The molecule has 54 heavy (non-hydrogen) atoms. The van der Waals surface area contributed by atoms with Gasteiger partial charge in [0.05, 0.1) is 0 Å². The van der Waals surface area contributed by atoms with Crippen LogP contribution in [0.1, 0.15) is 0 Å². The van der Waals surface area contributed by atoms with Gasteiger partial charge >= 0.3 is 0 Å². The Labute approximate surface area is 328 Å². The Morgan fingerprint density at radius 2 is 0.944 bits per heavy atom. The maximum absolute atomic E-state index is 6.45. The average Bonchev–Trinajstić information content (AvgIpc) is 3.75. The Kier molecular flexibility index (Phi) is 8.24. The van der Waals surface area contributed by atoms with Gasteiger partial charge in [0.15, 0.2) is 17.5 Å². The smallest absolute Gasteiger partial charge is 0.164 e. The molecule has 0 saturated carbocycles. The molecule has 0 aliphatic heterocycles. The predicted molar refractivity (Wildman–Crippen MR) is 236 cm³/mol. The number of aromatic nitrogens is 3. The van der Waals surface area contributed by atoms with E-state index < -0.39 is 0 Å². The van der Waals surface area contributed by atoms with Crippen LogP contribution in [0.4, 0.5) is 0 Å². The molecule has 3 heterocycles. The third kappa shape index (κ3) is 5.22. The van der Waals surface area contributed by atoms with Crippen molar-refractivity contribution in [2.24, 2.45) is 0 Å². The number of rotatable bonds is 4. The summed E-state index contributed by atoms with van der Waals surface area (Å²) in [4.78, 5) is 14.2. The Morgan fingerprint density at radius 3 is 1.57 bits per heavy atom. The molecular weight excluding hydrogens is 667 g/mol. The van der Waals surface area contributed by atoms with E-state index in [0.717, 1.165) is 21.9 Å². The van der Waals surface area contributed by atoms with Gasteiger partial charge in [-0.05, 0) is 41.5 Å². The zero-order valence-corrected chi connectivity index (χ0v) is 29.3. The van der Waals surface area contributed by atoms with Crippen molar-refractivity contribution in [1.29, 1.82) is 0 Å². The molecule has 226 valence electrons. The first-order valence-corrected chi connectivity index (χ1v) is 17.4. The van der Waals surface area contributed by atoms with E-state index in [1.807, 2.05) is 24.3 Å². The molecule has 0 unspecified atom stereocenters. The minimum Gasteiger partial charge on any atom is -0.456 e. The van der Waals surface area contributed by atoms with E-state index in [-0.39, 0.29) is 83.2 Å². The highest BCUT2D eigenvalue weighted by molar-refractivity contribution is 7.26. The van der Waals surface area contributed by atoms with Crippen molar-refractivity contribution in [3.8, 4) is 45.3 Å². The highest BCUT2D eigenvalue weighted by Gasteiger charge is 2.22. The first kappa shape index (κ1) is 34.7. The van der Waals surface area contributed by atoms with Crippen molar-refractivity contribution in [2.75, 3.05) is 0 Å². The summed E-state index contributed by atoms with van der Waals surface area (Å²) in [7, 11) is 62.9. The summed E-state index contributed by atoms with van der Waals surface area (Å²) in [6.07, 6.45) is 0. The van der Waals surface area contributed by atoms with Crippen molar-refractivity contribution in [1.82, 2.24) is 15.0 Å². The van der Waals surface area contributed by atoms with E-state index in [0.29, 0.717) is 16.7 Å². The fourth-order valence-electron chi connectivity index (χ4n) is 6.97. The van der Waals surface area contributed by atoms with Gasteiger partial charge in [0.25, 0.3) is 0 Å². The number of benzene rings is 6. The van der Waals surface area contributed by atoms with Crippen LogP contribution in [-0.4, -0.2) is 93.4 Å². The van der Waals surface area contributed by atoms with Gasteiger partial charge in [-0.3, -0.25) is 0 Å². The number of thiophene rings is 1. The van der Waals surface area contributed by atoms with E-state index >= 15 is 0 Å². The first-order valence-electron chi connectivity index (χ1n) is 16.6. The molecule has 0 bridgehead atoms. The quantitative estimate of drug-likeness (QED) is 0.219. The second kappa shape index (κ2) is 12.8. The maximum Gasteiger partial charge on any atom is 0.164 e. The van der Waals surface area contributed by atoms with Crippen LogP contribution in [0.5, 0.6) is 0 Å². The molecule has 4 nitrogen and oxygen atoms in total. The second-order valence-corrected chi connectivity index (χ2v) is 14.0. The molecule has 0 aliphatic rings. The third-order valence-electron chi connectivity index (χ3n) is 9.93. The average molecular weight is 680 g/mol. The molecule has 0 fully saturated rings. The maximum atomic E-state index is 6.45. The van der Waals surface area contributed by atoms with Crippen molar-refractivity contribution >= 4 is 187 Å². The van der Waals surface area contributed by atoms with E-state index in [9.17, 15) is 0 Å². The van der Waals surface area contributed by atoms with Gasteiger partial charge in [0.1, 0.15) is 89.6 Å². The van der Waals surface area contributed by atoms with Crippen LogP contribution in [0, 0.1) is 0 Å². The molecule has 0 spiro atoms. The number of hydrogen-bond donors (Lipinski definition) is 0. The summed E-state index contributed by atoms with van der Waals surface area (Å²) in [5.74, 6) is 0.219. The van der Waals surface area contributed by atoms with Gasteiger partial charge in [0.2, 0.25) is 0 Å². The molecule has 6 aromatic carbocycles. The van der Waals surface area contributed by atoms with Gasteiger partial charge in [0, 0.05) is 47.6 Å². The standard InChI is InChI=1S/C39H13B10N3OS/c40-26-24(27(41)31(45)34(48)30(26)44)38-50-37(51-39(52-38)25-28(42)32(46)35(49)33(47)29(25)43)15-8-10-17-20-12-14(9-11-21(20)53-22(17)13-15)16-5-3-6-19-18-4-1-2-7-23(18)54-36(16)19/h1-13H. The lowest BCUT2D eigenvalue weighted by Crippen LogP contribution is -2.55. The lowest BCUT2D eigenvalue weighted by atomic mass is 9.60. The molecule has 0 aliphatic carbocycles. The lowest BCUT2D eigenvalue weighted by molar-refractivity contribution is 0.669. The molecular formula is C39H13B10N3OS. The number of furan rings is 1. The van der Waals surface area contributed by atoms with E-state index in [2.05, 4.69) is 59.6 Å². The number of hydrogen-bond acceptors (Lipinski definition) is 5. The molecule has 9 rings (SSSR count). The lowest BCUT2D eigenvalue weighted by Gasteiger charge is -2.22. The summed E-state index contributed by atoms with van der Waals surface area (Å²) in [6.45, 7) is 0. The second-order valence-electron chi connectivity index (χ2n) is 13.0. The monoisotopic (exact) mass is 681 g/mol. The van der Waals surface area contributed by atoms with Crippen molar-refractivity contribution in [3.05, 3.63) is 78.9 Å². The summed E-state index contributed by atoms with van der Waals surface area (Å²) in [5.41, 5.74) is 4.63. The SMILES string of the molecule is [B]c1c([B])c([B])c(-c2nc(-c3ccc4c(c3)oc3ccc(-c5cccc6c5sc5ccccc56)cc34)nc(-c3c([B])c([B])c([B])c([B])c3[B])n2)c([B])c1[B]. The minimum atomic E-state index is 0.0147. The zero-order valence-electron chi connectivity index (χ0n) is 28.4. The fourth-order valence-corrected chi connectivity index (χ4v) is 8.21. The van der Waals surface area contributed by atoms with Gasteiger partial charge in [-0.25, -0.2) is 15.0 Å². The molecule has 20 radical (unpaired) electrons. The van der Waals surface area contributed by atoms with E-state index in [1.165, 1.54) is 20.2 Å². The Bertz CT molecular complexity index is 2940. The highest BCUT2D eigenvalue weighted by Crippen LogP contribution is 2.41. The van der Waals surface area contributed by atoms with Crippen LogP contribution in [-0.2, 0) is 0 Å². The molecule has 15 heteroatoms. The molecule has 0 atom stereocenters.